The molecule has 1 heterocycles. The Kier molecular flexibility index (Phi) is 7.28. The lowest BCUT2D eigenvalue weighted by Gasteiger charge is -2.19. The minimum Gasteiger partial charge on any atom is -0.377 e. The molecule has 114 valence electrons. The minimum atomic E-state index is -3.18. The number of nitrogens with one attached hydrogen (secondary N) is 2. The van der Waals surface area contributed by atoms with E-state index >= 15 is 0 Å². The van der Waals surface area contributed by atoms with E-state index in [1.54, 1.807) is 0 Å². The highest BCUT2D eigenvalue weighted by Crippen LogP contribution is 2.16. The van der Waals surface area contributed by atoms with Gasteiger partial charge in [0.15, 0.2) is 0 Å². The summed E-state index contributed by atoms with van der Waals surface area (Å²) < 4.78 is 32.0. The highest BCUT2D eigenvalue weighted by Gasteiger charge is 2.25. The molecule has 0 aromatic carbocycles. The van der Waals surface area contributed by atoms with Gasteiger partial charge in [0, 0.05) is 18.7 Å². The standard InChI is InChI=1S/C13H28N2O3S/c1-11(2)14-8-4-5-10-19(16,17)15-12(3)13-7-6-9-18-13/h11-15H,4-10H2,1-3H3. The van der Waals surface area contributed by atoms with Gasteiger partial charge in [-0.2, -0.15) is 0 Å². The van der Waals surface area contributed by atoms with Crippen molar-refractivity contribution in [1.82, 2.24) is 10.0 Å². The third kappa shape index (κ3) is 7.25. The lowest BCUT2D eigenvalue weighted by Crippen LogP contribution is -2.41. The van der Waals surface area contributed by atoms with Crippen LogP contribution < -0.4 is 10.0 Å². The van der Waals surface area contributed by atoms with E-state index in [4.69, 9.17) is 4.74 Å². The van der Waals surface area contributed by atoms with Crippen LogP contribution in [-0.2, 0) is 14.8 Å². The molecule has 0 bridgehead atoms. The molecular weight excluding hydrogens is 264 g/mol. The maximum Gasteiger partial charge on any atom is 0.211 e. The van der Waals surface area contributed by atoms with Crippen molar-refractivity contribution >= 4 is 10.0 Å². The third-order valence-corrected chi connectivity index (χ3v) is 4.84. The summed E-state index contributed by atoms with van der Waals surface area (Å²) in [5, 5.41) is 3.28. The Labute approximate surface area is 117 Å². The van der Waals surface area contributed by atoms with Crippen LogP contribution in [0.1, 0.15) is 46.5 Å². The summed E-state index contributed by atoms with van der Waals surface area (Å²) in [6, 6.07) is 0.329. The Hall–Kier alpha value is -0.170. The quantitative estimate of drug-likeness (QED) is 0.628. The average Bonchev–Trinajstić information content (AvgIpc) is 2.80. The number of sulfonamides is 1. The van der Waals surface area contributed by atoms with Crippen molar-refractivity contribution < 1.29 is 13.2 Å². The van der Waals surface area contributed by atoms with Crippen LogP contribution in [0.25, 0.3) is 0 Å². The Morgan fingerprint density at radius 1 is 1.26 bits per heavy atom. The fourth-order valence-electron chi connectivity index (χ4n) is 2.22. The summed E-state index contributed by atoms with van der Waals surface area (Å²) >= 11 is 0. The molecule has 6 heteroatoms. The van der Waals surface area contributed by atoms with E-state index in [-0.39, 0.29) is 17.9 Å². The number of hydrogen-bond acceptors (Lipinski definition) is 4. The normalized spacial score (nSPS) is 22.0. The molecule has 5 nitrogen and oxygen atoms in total. The summed E-state index contributed by atoms with van der Waals surface area (Å²) in [7, 11) is -3.18. The van der Waals surface area contributed by atoms with Gasteiger partial charge in [0.1, 0.15) is 0 Å². The van der Waals surface area contributed by atoms with Crippen molar-refractivity contribution in [2.75, 3.05) is 18.9 Å². The predicted molar refractivity (Wildman–Crippen MR) is 77.7 cm³/mol. The van der Waals surface area contributed by atoms with E-state index in [1.807, 2.05) is 6.92 Å². The first kappa shape index (κ1) is 16.9. The predicted octanol–water partition coefficient (Wildman–Crippen LogP) is 1.25. The average molecular weight is 292 g/mol. The lowest BCUT2D eigenvalue weighted by atomic mass is 10.1. The molecule has 19 heavy (non-hydrogen) atoms. The summed E-state index contributed by atoms with van der Waals surface area (Å²) in [5.41, 5.74) is 0. The van der Waals surface area contributed by atoms with Crippen LogP contribution in [0.4, 0.5) is 0 Å². The second-order valence-electron chi connectivity index (χ2n) is 5.59. The maximum atomic E-state index is 11.9. The molecule has 0 saturated carbocycles. The second kappa shape index (κ2) is 8.19. The van der Waals surface area contributed by atoms with E-state index in [1.165, 1.54) is 0 Å². The first-order valence-electron chi connectivity index (χ1n) is 7.26. The SMILES string of the molecule is CC(C)NCCCCS(=O)(=O)NC(C)C1CCCO1. The highest BCUT2D eigenvalue weighted by atomic mass is 32.2. The first-order valence-corrected chi connectivity index (χ1v) is 8.91. The molecule has 1 rings (SSSR count). The van der Waals surface area contributed by atoms with E-state index in [0.717, 1.165) is 32.4 Å². The monoisotopic (exact) mass is 292 g/mol. The molecule has 2 atom stereocenters. The van der Waals surface area contributed by atoms with Gasteiger partial charge in [0.05, 0.1) is 11.9 Å². The molecule has 2 N–H and O–H groups in total. The summed E-state index contributed by atoms with van der Waals surface area (Å²) in [4.78, 5) is 0. The van der Waals surface area contributed by atoms with Crippen molar-refractivity contribution in [3.8, 4) is 0 Å². The minimum absolute atomic E-state index is 0.0392. The van der Waals surface area contributed by atoms with Gasteiger partial charge < -0.3 is 10.1 Å². The van der Waals surface area contributed by atoms with Crippen LogP contribution >= 0.6 is 0 Å². The van der Waals surface area contributed by atoms with Crippen LogP contribution in [0, 0.1) is 0 Å². The molecule has 1 aliphatic heterocycles. The third-order valence-electron chi connectivity index (χ3n) is 3.28. The van der Waals surface area contributed by atoms with Gasteiger partial charge >= 0.3 is 0 Å². The number of hydrogen-bond donors (Lipinski definition) is 2. The highest BCUT2D eigenvalue weighted by molar-refractivity contribution is 7.89. The molecule has 1 aliphatic rings. The molecule has 0 aromatic rings. The van der Waals surface area contributed by atoms with Gasteiger partial charge in [-0.05, 0) is 39.2 Å². The zero-order valence-electron chi connectivity index (χ0n) is 12.3. The van der Waals surface area contributed by atoms with Gasteiger partial charge in [0.25, 0.3) is 0 Å². The molecular formula is C13H28N2O3S. The lowest BCUT2D eigenvalue weighted by molar-refractivity contribution is 0.0902. The molecule has 0 aliphatic carbocycles. The van der Waals surface area contributed by atoms with Crippen LogP contribution in [-0.4, -0.2) is 45.5 Å². The van der Waals surface area contributed by atoms with Crippen molar-refractivity contribution in [3.05, 3.63) is 0 Å². The Bertz CT molecular complexity index is 338. The van der Waals surface area contributed by atoms with Gasteiger partial charge in [-0.3, -0.25) is 0 Å². The zero-order chi connectivity index (χ0) is 14.3. The van der Waals surface area contributed by atoms with Crippen LogP contribution in [0.5, 0.6) is 0 Å². The van der Waals surface area contributed by atoms with Crippen molar-refractivity contribution in [3.63, 3.8) is 0 Å². The largest absolute Gasteiger partial charge is 0.377 e. The maximum absolute atomic E-state index is 11.9. The van der Waals surface area contributed by atoms with Crippen molar-refractivity contribution in [1.29, 1.82) is 0 Å². The number of unbranched alkanes of at least 4 members (excludes halogenated alkanes) is 1. The van der Waals surface area contributed by atoms with Crippen LogP contribution in [0.2, 0.25) is 0 Å². The molecule has 0 aromatic heterocycles. The van der Waals surface area contributed by atoms with Crippen molar-refractivity contribution in [2.45, 2.75) is 64.6 Å². The van der Waals surface area contributed by atoms with Gasteiger partial charge in [-0.15, -0.1) is 0 Å². The topological polar surface area (TPSA) is 67.4 Å². The Morgan fingerprint density at radius 3 is 2.58 bits per heavy atom. The van der Waals surface area contributed by atoms with Crippen LogP contribution in [0.3, 0.4) is 0 Å². The van der Waals surface area contributed by atoms with Gasteiger partial charge in [0.2, 0.25) is 10.0 Å². The summed E-state index contributed by atoms with van der Waals surface area (Å²) in [6.45, 7) is 7.67. The van der Waals surface area contributed by atoms with E-state index < -0.39 is 10.0 Å². The molecule has 2 unspecified atom stereocenters. The number of rotatable bonds is 9. The van der Waals surface area contributed by atoms with E-state index in [9.17, 15) is 8.42 Å². The zero-order valence-corrected chi connectivity index (χ0v) is 13.1. The molecule has 1 saturated heterocycles. The smallest absolute Gasteiger partial charge is 0.211 e. The van der Waals surface area contributed by atoms with Crippen molar-refractivity contribution in [2.24, 2.45) is 0 Å². The second-order valence-corrected chi connectivity index (χ2v) is 7.47. The Balaban J connectivity index is 2.19. The molecule has 0 radical (unpaired) electrons. The summed E-state index contributed by atoms with van der Waals surface area (Å²) in [6.07, 6.45) is 3.58. The van der Waals surface area contributed by atoms with Crippen LogP contribution in [0.15, 0.2) is 0 Å². The molecule has 1 fully saturated rings. The molecule has 0 spiro atoms. The first-order chi connectivity index (χ1) is 8.91. The van der Waals surface area contributed by atoms with Gasteiger partial charge in [-0.25, -0.2) is 13.1 Å². The fraction of sp³-hybridized carbons (Fsp3) is 1.00. The van der Waals surface area contributed by atoms with E-state index in [0.29, 0.717) is 12.5 Å². The van der Waals surface area contributed by atoms with Gasteiger partial charge in [-0.1, -0.05) is 13.8 Å². The molecule has 0 amide bonds. The fourth-order valence-corrected chi connectivity index (χ4v) is 3.64. The number of ether oxygens (including phenoxy) is 1. The Morgan fingerprint density at radius 2 is 2.00 bits per heavy atom. The van der Waals surface area contributed by atoms with E-state index in [2.05, 4.69) is 23.9 Å². The summed E-state index contributed by atoms with van der Waals surface area (Å²) in [5.74, 6) is 0.198.